The minimum absolute atomic E-state index is 0.0869. The average molecular weight is 242 g/mol. The van der Waals surface area contributed by atoms with Gasteiger partial charge in [0.25, 0.3) is 0 Å². The topological polar surface area (TPSA) is 84.0 Å². The summed E-state index contributed by atoms with van der Waals surface area (Å²) in [5, 5.41) is 9.78. The van der Waals surface area contributed by atoms with Gasteiger partial charge in [0.05, 0.1) is 22.9 Å². The third kappa shape index (κ3) is 2.19. The molecule has 92 valence electrons. The van der Waals surface area contributed by atoms with Gasteiger partial charge in [-0.1, -0.05) is 0 Å². The van der Waals surface area contributed by atoms with E-state index in [1.165, 1.54) is 6.20 Å². The number of nitrogens with zero attached hydrogens (tertiary/aromatic N) is 2. The number of benzene rings is 1. The number of nitriles is 1. The Balaban J connectivity index is 2.62. The Morgan fingerprint density at radius 1 is 1.44 bits per heavy atom. The molecule has 0 spiro atoms. The fraction of sp³-hybridized carbons (Fsp3) is 0.231. The van der Waals surface area contributed by atoms with Gasteiger partial charge in [-0.2, -0.15) is 5.26 Å². The molecule has 2 aromatic rings. The number of hydrogen-bond donors (Lipinski definition) is 2. The van der Waals surface area contributed by atoms with E-state index in [0.717, 1.165) is 16.7 Å². The first-order valence-corrected chi connectivity index (χ1v) is 5.62. The highest BCUT2D eigenvalue weighted by Gasteiger charge is 2.09. The minimum atomic E-state index is 0.0869. The highest BCUT2D eigenvalue weighted by molar-refractivity contribution is 5.94. The second-order valence-electron chi connectivity index (χ2n) is 4.15. The van der Waals surface area contributed by atoms with E-state index in [2.05, 4.69) is 16.5 Å². The van der Waals surface area contributed by atoms with E-state index in [1.807, 2.05) is 32.0 Å². The van der Waals surface area contributed by atoms with Crippen molar-refractivity contribution < 1.29 is 4.74 Å². The molecule has 0 saturated heterocycles. The predicted octanol–water partition coefficient (Wildman–Crippen LogP) is 2.18. The van der Waals surface area contributed by atoms with Gasteiger partial charge in [0.2, 0.25) is 0 Å². The second kappa shape index (κ2) is 4.90. The largest absolute Gasteiger partial charge is 0.491 e. The Morgan fingerprint density at radius 2 is 2.22 bits per heavy atom. The molecular weight excluding hydrogens is 228 g/mol. The van der Waals surface area contributed by atoms with Gasteiger partial charge in [0, 0.05) is 11.6 Å². The van der Waals surface area contributed by atoms with Crippen LogP contribution < -0.4 is 16.0 Å². The Kier molecular flexibility index (Phi) is 3.31. The van der Waals surface area contributed by atoms with Crippen LogP contribution in [0.5, 0.6) is 5.75 Å². The number of ether oxygens (including phenoxy) is 1. The normalized spacial score (nSPS) is 10.4. The highest BCUT2D eigenvalue weighted by Crippen LogP contribution is 2.28. The number of anilines is 1. The van der Waals surface area contributed by atoms with Gasteiger partial charge in [0.1, 0.15) is 11.8 Å². The Hall–Kier alpha value is -2.32. The Bertz CT molecular complexity index is 616. The van der Waals surface area contributed by atoms with E-state index in [1.54, 1.807) is 0 Å². The average Bonchev–Trinajstić information content (AvgIpc) is 2.36. The van der Waals surface area contributed by atoms with E-state index in [4.69, 9.17) is 15.8 Å². The van der Waals surface area contributed by atoms with Crippen molar-refractivity contribution >= 4 is 16.6 Å². The number of hydrogen-bond acceptors (Lipinski definition) is 5. The van der Waals surface area contributed by atoms with Crippen LogP contribution in [0.25, 0.3) is 10.9 Å². The SMILES string of the molecule is CC(C)Oc1ccc2ncc(C#N)c(NN)c2c1. The van der Waals surface area contributed by atoms with E-state index in [0.29, 0.717) is 11.3 Å². The van der Waals surface area contributed by atoms with Crippen molar-refractivity contribution in [2.24, 2.45) is 5.84 Å². The lowest BCUT2D eigenvalue weighted by molar-refractivity contribution is 0.243. The maximum absolute atomic E-state index is 9.01. The van der Waals surface area contributed by atoms with Crippen molar-refractivity contribution in [2.75, 3.05) is 5.43 Å². The molecule has 1 heterocycles. The molecule has 0 fully saturated rings. The van der Waals surface area contributed by atoms with E-state index >= 15 is 0 Å². The van der Waals surface area contributed by atoms with E-state index < -0.39 is 0 Å². The molecule has 0 bridgehead atoms. The zero-order chi connectivity index (χ0) is 13.1. The zero-order valence-electron chi connectivity index (χ0n) is 10.3. The van der Waals surface area contributed by atoms with Crippen molar-refractivity contribution in [1.29, 1.82) is 5.26 Å². The lowest BCUT2D eigenvalue weighted by Crippen LogP contribution is -2.10. The molecule has 0 atom stereocenters. The fourth-order valence-electron chi connectivity index (χ4n) is 1.76. The van der Waals surface area contributed by atoms with Crippen LogP contribution >= 0.6 is 0 Å². The molecule has 18 heavy (non-hydrogen) atoms. The maximum atomic E-state index is 9.01. The number of fused-ring (bicyclic) bond motifs is 1. The predicted molar refractivity (Wildman–Crippen MR) is 70.0 cm³/mol. The van der Waals surface area contributed by atoms with Crippen LogP contribution in [0.3, 0.4) is 0 Å². The summed E-state index contributed by atoms with van der Waals surface area (Å²) in [7, 11) is 0. The quantitative estimate of drug-likeness (QED) is 0.636. The summed E-state index contributed by atoms with van der Waals surface area (Å²) in [5.41, 5.74) is 4.29. The first-order chi connectivity index (χ1) is 8.65. The van der Waals surface area contributed by atoms with Crippen molar-refractivity contribution in [2.45, 2.75) is 20.0 Å². The molecule has 0 aliphatic heterocycles. The van der Waals surface area contributed by atoms with Crippen molar-refractivity contribution in [3.05, 3.63) is 30.0 Å². The first-order valence-electron chi connectivity index (χ1n) is 5.62. The molecule has 5 nitrogen and oxygen atoms in total. The van der Waals surface area contributed by atoms with Gasteiger partial charge in [-0.25, -0.2) is 0 Å². The number of nitrogens with one attached hydrogen (secondary N) is 1. The summed E-state index contributed by atoms with van der Waals surface area (Å²) in [6, 6.07) is 7.58. The van der Waals surface area contributed by atoms with Gasteiger partial charge in [-0.3, -0.25) is 10.8 Å². The van der Waals surface area contributed by atoms with Crippen LogP contribution in [0, 0.1) is 11.3 Å². The monoisotopic (exact) mass is 242 g/mol. The molecule has 1 aromatic heterocycles. The lowest BCUT2D eigenvalue weighted by Gasteiger charge is -2.12. The van der Waals surface area contributed by atoms with Crippen LogP contribution in [-0.4, -0.2) is 11.1 Å². The summed E-state index contributed by atoms with van der Waals surface area (Å²) in [5.74, 6) is 6.20. The highest BCUT2D eigenvalue weighted by atomic mass is 16.5. The molecule has 0 aliphatic rings. The molecule has 0 radical (unpaired) electrons. The molecule has 0 aliphatic carbocycles. The summed E-state index contributed by atoms with van der Waals surface area (Å²) >= 11 is 0. The second-order valence-corrected chi connectivity index (χ2v) is 4.15. The number of nitrogen functional groups attached to an aromatic ring is 1. The molecule has 3 N–H and O–H groups in total. The van der Waals surface area contributed by atoms with Crippen molar-refractivity contribution in [1.82, 2.24) is 4.98 Å². The number of hydrazine groups is 1. The molecular formula is C13H14N4O. The van der Waals surface area contributed by atoms with E-state index in [-0.39, 0.29) is 6.10 Å². The Morgan fingerprint density at radius 3 is 2.83 bits per heavy atom. The fourth-order valence-corrected chi connectivity index (χ4v) is 1.76. The van der Waals surface area contributed by atoms with Gasteiger partial charge >= 0.3 is 0 Å². The molecule has 1 aromatic carbocycles. The first kappa shape index (κ1) is 12.1. The number of pyridine rings is 1. The zero-order valence-corrected chi connectivity index (χ0v) is 10.3. The number of aromatic nitrogens is 1. The molecule has 0 unspecified atom stereocenters. The summed E-state index contributed by atoms with van der Waals surface area (Å²) in [6.07, 6.45) is 1.59. The summed E-state index contributed by atoms with van der Waals surface area (Å²) in [4.78, 5) is 4.21. The molecule has 5 heteroatoms. The standard InChI is InChI=1S/C13H14N4O/c1-8(2)18-10-3-4-12-11(5-10)13(17-15)9(6-14)7-16-12/h3-5,7-8H,15H2,1-2H3,(H,16,17). The van der Waals surface area contributed by atoms with Crippen molar-refractivity contribution in [3.8, 4) is 11.8 Å². The lowest BCUT2D eigenvalue weighted by atomic mass is 10.1. The maximum Gasteiger partial charge on any atom is 0.120 e. The third-order valence-corrected chi connectivity index (χ3v) is 2.48. The van der Waals surface area contributed by atoms with Gasteiger partial charge in [-0.05, 0) is 32.0 Å². The third-order valence-electron chi connectivity index (χ3n) is 2.48. The number of rotatable bonds is 3. The summed E-state index contributed by atoms with van der Waals surface area (Å²) < 4.78 is 5.62. The molecule has 2 rings (SSSR count). The van der Waals surface area contributed by atoms with Crippen molar-refractivity contribution in [3.63, 3.8) is 0 Å². The minimum Gasteiger partial charge on any atom is -0.491 e. The molecule has 0 amide bonds. The van der Waals surface area contributed by atoms with Crippen LogP contribution in [0.15, 0.2) is 24.4 Å². The van der Waals surface area contributed by atoms with Gasteiger partial charge < -0.3 is 10.2 Å². The van der Waals surface area contributed by atoms with E-state index in [9.17, 15) is 0 Å². The van der Waals surface area contributed by atoms with Gasteiger partial charge in [-0.15, -0.1) is 0 Å². The van der Waals surface area contributed by atoms with Gasteiger partial charge in [0.15, 0.2) is 0 Å². The number of nitrogens with two attached hydrogens (primary N) is 1. The smallest absolute Gasteiger partial charge is 0.120 e. The summed E-state index contributed by atoms with van der Waals surface area (Å²) in [6.45, 7) is 3.91. The van der Waals surface area contributed by atoms with Crippen LogP contribution in [0.2, 0.25) is 0 Å². The van der Waals surface area contributed by atoms with Crippen LogP contribution in [0.1, 0.15) is 19.4 Å². The van der Waals surface area contributed by atoms with Crippen LogP contribution in [0.4, 0.5) is 5.69 Å². The molecule has 0 saturated carbocycles. The van der Waals surface area contributed by atoms with Crippen LogP contribution in [-0.2, 0) is 0 Å². The Labute approximate surface area is 105 Å².